The number of hydrogen-bond acceptors (Lipinski definition) is 2. The van der Waals surface area contributed by atoms with Crippen molar-refractivity contribution >= 4 is 0 Å². The van der Waals surface area contributed by atoms with Crippen LogP contribution >= 0.6 is 0 Å². The summed E-state index contributed by atoms with van der Waals surface area (Å²) in [5.41, 5.74) is -2.46. The van der Waals surface area contributed by atoms with Crippen molar-refractivity contribution in [2.45, 2.75) is 25.3 Å². The highest BCUT2D eigenvalue weighted by atomic mass is 19.4. The van der Waals surface area contributed by atoms with E-state index in [9.17, 15) is 31.1 Å². The summed E-state index contributed by atoms with van der Waals surface area (Å²) < 4.78 is 80.4. The summed E-state index contributed by atoms with van der Waals surface area (Å²) in [7, 11) is 0. The molecule has 1 aromatic carbocycles. The van der Waals surface area contributed by atoms with Crippen LogP contribution in [0.15, 0.2) is 65.7 Å². The average molecular weight is 412 g/mol. The minimum absolute atomic E-state index is 0.0647. The fourth-order valence-corrected chi connectivity index (χ4v) is 3.00. The molecular formula is C20H14F6N2O. The van der Waals surface area contributed by atoms with Gasteiger partial charge in [-0.15, -0.1) is 0 Å². The Balaban J connectivity index is 2.28. The van der Waals surface area contributed by atoms with Gasteiger partial charge in [0.2, 0.25) is 0 Å². The maximum absolute atomic E-state index is 13.6. The SMILES string of the molecule is Cc1ccc(=O)n(C(c2ccc(C(F)(F)F)cc2)c2ncccc2C(F)(F)F)c1. The van der Waals surface area contributed by atoms with E-state index in [0.717, 1.165) is 47.2 Å². The van der Waals surface area contributed by atoms with E-state index >= 15 is 0 Å². The van der Waals surface area contributed by atoms with Gasteiger partial charge >= 0.3 is 12.4 Å². The highest BCUT2D eigenvalue weighted by Crippen LogP contribution is 2.37. The van der Waals surface area contributed by atoms with Crippen molar-refractivity contribution in [3.63, 3.8) is 0 Å². The molecule has 0 radical (unpaired) electrons. The van der Waals surface area contributed by atoms with Gasteiger partial charge < -0.3 is 4.57 Å². The molecule has 152 valence electrons. The van der Waals surface area contributed by atoms with Crippen LogP contribution in [0.3, 0.4) is 0 Å². The molecule has 0 saturated carbocycles. The number of aryl methyl sites for hydroxylation is 1. The zero-order valence-corrected chi connectivity index (χ0v) is 14.9. The molecule has 0 bridgehead atoms. The Hall–Kier alpha value is -3.10. The van der Waals surface area contributed by atoms with Crippen LogP contribution in [-0.4, -0.2) is 9.55 Å². The quantitative estimate of drug-likeness (QED) is 0.553. The number of aromatic nitrogens is 2. The van der Waals surface area contributed by atoms with Gasteiger partial charge in [-0.05, 0) is 42.3 Å². The standard InChI is InChI=1S/C20H14F6N2O/c1-12-4-9-16(29)28(11-12)18(13-5-7-14(8-6-13)19(21,22)23)17-15(20(24,25)26)3-2-10-27-17/h2-11,18H,1H3. The van der Waals surface area contributed by atoms with Gasteiger partial charge in [-0.1, -0.05) is 18.2 Å². The number of rotatable bonds is 3. The van der Waals surface area contributed by atoms with Gasteiger partial charge in [-0.25, -0.2) is 0 Å². The predicted octanol–water partition coefficient (Wildman–Crippen LogP) is 5.23. The molecule has 29 heavy (non-hydrogen) atoms. The Bertz CT molecular complexity index is 1070. The van der Waals surface area contributed by atoms with Gasteiger partial charge in [-0.3, -0.25) is 9.78 Å². The van der Waals surface area contributed by atoms with Crippen molar-refractivity contribution in [2.75, 3.05) is 0 Å². The summed E-state index contributed by atoms with van der Waals surface area (Å²) in [4.78, 5) is 16.3. The lowest BCUT2D eigenvalue weighted by atomic mass is 9.97. The molecule has 0 aliphatic heterocycles. The van der Waals surface area contributed by atoms with Gasteiger partial charge in [0.05, 0.1) is 16.8 Å². The highest BCUT2D eigenvalue weighted by Gasteiger charge is 2.37. The molecule has 0 saturated heterocycles. The normalized spacial score (nSPS) is 13.3. The van der Waals surface area contributed by atoms with E-state index < -0.39 is 40.8 Å². The zero-order chi connectivity index (χ0) is 21.4. The molecule has 0 aliphatic rings. The first kappa shape index (κ1) is 20.6. The lowest BCUT2D eigenvalue weighted by Gasteiger charge is -2.24. The first-order valence-corrected chi connectivity index (χ1v) is 8.36. The molecule has 3 nitrogen and oxygen atoms in total. The van der Waals surface area contributed by atoms with E-state index in [1.165, 1.54) is 18.3 Å². The first-order valence-electron chi connectivity index (χ1n) is 8.36. The van der Waals surface area contributed by atoms with E-state index in [1.807, 2.05) is 0 Å². The summed E-state index contributed by atoms with van der Waals surface area (Å²) >= 11 is 0. The fourth-order valence-electron chi connectivity index (χ4n) is 3.00. The largest absolute Gasteiger partial charge is 0.418 e. The third-order valence-corrected chi connectivity index (χ3v) is 4.32. The van der Waals surface area contributed by atoms with Crippen LogP contribution < -0.4 is 5.56 Å². The van der Waals surface area contributed by atoms with Gasteiger partial charge in [0.15, 0.2) is 0 Å². The molecule has 0 spiro atoms. The lowest BCUT2D eigenvalue weighted by molar-refractivity contribution is -0.139. The van der Waals surface area contributed by atoms with Crippen LogP contribution in [0.25, 0.3) is 0 Å². The summed E-state index contributed by atoms with van der Waals surface area (Å²) in [6.07, 6.45) is -6.88. The van der Waals surface area contributed by atoms with Crippen LogP contribution in [0.1, 0.15) is 34.0 Å². The second kappa shape index (κ2) is 7.38. The Labute approximate surface area is 161 Å². The number of alkyl halides is 6. The summed E-state index contributed by atoms with van der Waals surface area (Å²) in [5.74, 6) is 0. The smallest absolute Gasteiger partial charge is 0.302 e. The van der Waals surface area contributed by atoms with Crippen molar-refractivity contribution < 1.29 is 26.3 Å². The van der Waals surface area contributed by atoms with Crippen molar-refractivity contribution in [3.05, 3.63) is 99.2 Å². The number of hydrogen-bond donors (Lipinski definition) is 0. The Kier molecular flexibility index (Phi) is 5.25. The molecule has 0 N–H and O–H groups in total. The highest BCUT2D eigenvalue weighted by molar-refractivity contribution is 5.37. The Morgan fingerprint density at radius 1 is 0.897 bits per heavy atom. The molecule has 3 rings (SSSR count). The predicted molar refractivity (Wildman–Crippen MR) is 93.4 cm³/mol. The van der Waals surface area contributed by atoms with Gasteiger partial charge in [0, 0.05) is 18.5 Å². The first-order chi connectivity index (χ1) is 13.5. The van der Waals surface area contributed by atoms with Crippen molar-refractivity contribution in [1.82, 2.24) is 9.55 Å². The molecule has 1 atom stereocenters. The molecule has 0 amide bonds. The molecule has 1 unspecified atom stereocenters. The van der Waals surface area contributed by atoms with Crippen LogP contribution in [0, 0.1) is 6.92 Å². The monoisotopic (exact) mass is 412 g/mol. The fraction of sp³-hybridized carbons (Fsp3) is 0.200. The lowest BCUT2D eigenvalue weighted by Crippen LogP contribution is -2.28. The second-order valence-electron chi connectivity index (χ2n) is 6.41. The number of pyridine rings is 2. The average Bonchev–Trinajstić information content (AvgIpc) is 2.64. The van der Waals surface area contributed by atoms with E-state index in [1.54, 1.807) is 6.92 Å². The minimum Gasteiger partial charge on any atom is -0.302 e. The number of halogens is 6. The molecular weight excluding hydrogens is 398 g/mol. The minimum atomic E-state index is -4.76. The third-order valence-electron chi connectivity index (χ3n) is 4.32. The summed E-state index contributed by atoms with van der Waals surface area (Å²) in [6, 6.07) is 6.87. The van der Waals surface area contributed by atoms with Gasteiger partial charge in [-0.2, -0.15) is 26.3 Å². The van der Waals surface area contributed by atoms with Gasteiger partial charge in [0.25, 0.3) is 5.56 Å². The Morgan fingerprint density at radius 2 is 1.55 bits per heavy atom. The topological polar surface area (TPSA) is 34.9 Å². The molecule has 2 heterocycles. The van der Waals surface area contributed by atoms with Gasteiger partial charge in [0.1, 0.15) is 6.04 Å². The van der Waals surface area contributed by atoms with Crippen molar-refractivity contribution in [3.8, 4) is 0 Å². The maximum atomic E-state index is 13.6. The molecule has 9 heteroatoms. The summed E-state index contributed by atoms with van der Waals surface area (Å²) in [5, 5.41) is 0. The third kappa shape index (κ3) is 4.33. The van der Waals surface area contributed by atoms with Crippen molar-refractivity contribution in [2.24, 2.45) is 0 Å². The molecule has 0 aliphatic carbocycles. The van der Waals surface area contributed by atoms with Crippen LogP contribution in [-0.2, 0) is 12.4 Å². The Morgan fingerprint density at radius 3 is 2.14 bits per heavy atom. The second-order valence-corrected chi connectivity index (χ2v) is 6.41. The number of nitrogens with zero attached hydrogens (tertiary/aromatic N) is 2. The summed E-state index contributed by atoms with van der Waals surface area (Å²) in [6.45, 7) is 1.64. The van der Waals surface area contributed by atoms with Crippen LogP contribution in [0.5, 0.6) is 0 Å². The molecule has 2 aromatic heterocycles. The van der Waals surface area contributed by atoms with E-state index in [-0.39, 0.29) is 5.56 Å². The molecule has 0 fully saturated rings. The van der Waals surface area contributed by atoms with Crippen molar-refractivity contribution in [1.29, 1.82) is 0 Å². The van der Waals surface area contributed by atoms with E-state index in [0.29, 0.717) is 5.56 Å². The zero-order valence-electron chi connectivity index (χ0n) is 14.9. The number of benzene rings is 1. The van der Waals surface area contributed by atoms with Crippen LogP contribution in [0.4, 0.5) is 26.3 Å². The van der Waals surface area contributed by atoms with Crippen LogP contribution in [0.2, 0.25) is 0 Å². The maximum Gasteiger partial charge on any atom is 0.418 e. The van der Waals surface area contributed by atoms with E-state index in [2.05, 4.69) is 4.98 Å². The molecule has 3 aromatic rings. The van der Waals surface area contributed by atoms with E-state index in [4.69, 9.17) is 0 Å².